The number of aromatic nitrogens is 1. The zero-order valence-corrected chi connectivity index (χ0v) is 13.1. The van der Waals surface area contributed by atoms with Crippen LogP contribution in [0.4, 0.5) is 0 Å². The summed E-state index contributed by atoms with van der Waals surface area (Å²) in [5, 5.41) is 0. The summed E-state index contributed by atoms with van der Waals surface area (Å²) in [4.78, 5) is 16.6. The molecule has 0 saturated heterocycles. The van der Waals surface area contributed by atoms with Crippen molar-refractivity contribution in [3.05, 3.63) is 28.2 Å². The van der Waals surface area contributed by atoms with E-state index in [2.05, 4.69) is 23.7 Å². The zero-order chi connectivity index (χ0) is 15.2. The second-order valence-electron chi connectivity index (χ2n) is 5.24. The van der Waals surface area contributed by atoms with Crippen molar-refractivity contribution in [1.29, 1.82) is 0 Å². The van der Waals surface area contributed by atoms with Crippen molar-refractivity contribution in [3.8, 4) is 5.75 Å². The van der Waals surface area contributed by atoms with E-state index in [1.807, 2.05) is 12.1 Å². The normalized spacial score (nSPS) is 11.4. The lowest BCUT2D eigenvalue weighted by atomic mass is 10.1. The van der Waals surface area contributed by atoms with Gasteiger partial charge in [-0.15, -0.1) is 0 Å². The smallest absolute Gasteiger partial charge is 0.417 e. The van der Waals surface area contributed by atoms with Crippen molar-refractivity contribution >= 4 is 11.1 Å². The van der Waals surface area contributed by atoms with E-state index in [1.54, 1.807) is 7.11 Å². The highest BCUT2D eigenvalue weighted by atomic mass is 16.5. The molecule has 0 spiro atoms. The lowest BCUT2D eigenvalue weighted by Crippen LogP contribution is -2.27. The number of nitrogens with zero attached hydrogens (tertiary/aromatic N) is 1. The van der Waals surface area contributed by atoms with Crippen LogP contribution in [0.2, 0.25) is 0 Å². The topological polar surface area (TPSA) is 58.5 Å². The van der Waals surface area contributed by atoms with Gasteiger partial charge in [0.1, 0.15) is 11.3 Å². The molecule has 5 heteroatoms. The summed E-state index contributed by atoms with van der Waals surface area (Å²) >= 11 is 0. The van der Waals surface area contributed by atoms with Gasteiger partial charge in [0.05, 0.1) is 7.11 Å². The van der Waals surface area contributed by atoms with Crippen molar-refractivity contribution in [3.63, 3.8) is 0 Å². The summed E-state index contributed by atoms with van der Waals surface area (Å²) in [5.74, 6) is 0.202. The van der Waals surface area contributed by atoms with Gasteiger partial charge in [0.2, 0.25) is 0 Å². The summed E-state index contributed by atoms with van der Waals surface area (Å²) < 4.78 is 10.5. The maximum Gasteiger partial charge on any atom is 0.417 e. The van der Waals surface area contributed by atoms with Crippen LogP contribution in [0.25, 0.3) is 11.1 Å². The predicted molar refractivity (Wildman–Crippen MR) is 84.1 cm³/mol. The minimum absolute atomic E-state index is 0.435. The van der Waals surface area contributed by atoms with Crippen LogP contribution in [-0.2, 0) is 6.42 Å². The van der Waals surface area contributed by atoms with Crippen LogP contribution in [0.5, 0.6) is 5.75 Å². The lowest BCUT2D eigenvalue weighted by Gasteiger charge is -2.20. The first-order valence-corrected chi connectivity index (χ1v) is 7.60. The molecule has 5 nitrogen and oxygen atoms in total. The van der Waals surface area contributed by atoms with Crippen molar-refractivity contribution in [2.45, 2.75) is 33.1 Å². The largest absolute Gasteiger partial charge is 0.494 e. The molecule has 0 fully saturated rings. The summed E-state index contributed by atoms with van der Waals surface area (Å²) in [7, 11) is 1.59. The molecular weight excluding hydrogens is 268 g/mol. The Labute approximate surface area is 124 Å². The number of hydrogen-bond acceptors (Lipinski definition) is 4. The number of aromatic amines is 1. The summed E-state index contributed by atoms with van der Waals surface area (Å²) in [6, 6.07) is 3.86. The van der Waals surface area contributed by atoms with E-state index < -0.39 is 5.76 Å². The number of nitrogens with one attached hydrogen (secondary N) is 1. The number of ether oxygens (including phenoxy) is 1. The molecule has 0 amide bonds. The third kappa shape index (κ3) is 3.67. The van der Waals surface area contributed by atoms with E-state index in [0.717, 1.165) is 44.5 Å². The van der Waals surface area contributed by atoms with Gasteiger partial charge in [0, 0.05) is 6.54 Å². The molecule has 0 atom stereocenters. The van der Waals surface area contributed by atoms with Crippen molar-refractivity contribution in [2.24, 2.45) is 0 Å². The van der Waals surface area contributed by atoms with Crippen molar-refractivity contribution < 1.29 is 9.15 Å². The molecule has 0 aliphatic carbocycles. The minimum Gasteiger partial charge on any atom is -0.494 e. The SMILES string of the molecule is CCCN(CCC)CCc1ccc(OC)c2[nH]c(=O)oc12. The number of oxazole rings is 1. The predicted octanol–water partition coefficient (Wildman–Crippen LogP) is 2.79. The Hall–Kier alpha value is -1.75. The zero-order valence-electron chi connectivity index (χ0n) is 13.1. The fraction of sp³-hybridized carbons (Fsp3) is 0.562. The third-order valence-corrected chi connectivity index (χ3v) is 3.62. The minimum atomic E-state index is -0.435. The molecule has 0 saturated carbocycles. The van der Waals surface area contributed by atoms with Crippen LogP contribution < -0.4 is 10.5 Å². The van der Waals surface area contributed by atoms with Gasteiger partial charge in [-0.05, 0) is 44.0 Å². The maximum atomic E-state index is 11.5. The molecule has 1 heterocycles. The van der Waals surface area contributed by atoms with Crippen LogP contribution in [0, 0.1) is 0 Å². The van der Waals surface area contributed by atoms with Gasteiger partial charge in [-0.1, -0.05) is 19.9 Å². The highest BCUT2D eigenvalue weighted by molar-refractivity contribution is 5.82. The molecule has 116 valence electrons. The summed E-state index contributed by atoms with van der Waals surface area (Å²) in [6.45, 7) is 7.56. The molecular formula is C16H24N2O3. The van der Waals surface area contributed by atoms with E-state index in [-0.39, 0.29) is 0 Å². The van der Waals surface area contributed by atoms with Gasteiger partial charge in [0.15, 0.2) is 5.58 Å². The van der Waals surface area contributed by atoms with E-state index in [0.29, 0.717) is 16.8 Å². The first-order valence-electron chi connectivity index (χ1n) is 7.60. The Bertz CT molecular complexity index is 624. The van der Waals surface area contributed by atoms with Crippen molar-refractivity contribution in [2.75, 3.05) is 26.7 Å². The average Bonchev–Trinajstić information content (AvgIpc) is 2.86. The first kappa shape index (κ1) is 15.6. The van der Waals surface area contributed by atoms with E-state index in [1.165, 1.54) is 0 Å². The first-order chi connectivity index (χ1) is 10.2. The van der Waals surface area contributed by atoms with E-state index in [9.17, 15) is 4.79 Å². The number of rotatable bonds is 8. The Morgan fingerprint density at radius 1 is 1.19 bits per heavy atom. The van der Waals surface area contributed by atoms with Crippen LogP contribution in [0.15, 0.2) is 21.3 Å². The van der Waals surface area contributed by atoms with E-state index in [4.69, 9.17) is 9.15 Å². The highest BCUT2D eigenvalue weighted by Gasteiger charge is 2.13. The van der Waals surface area contributed by atoms with Gasteiger partial charge in [-0.3, -0.25) is 4.98 Å². The molecule has 21 heavy (non-hydrogen) atoms. The van der Waals surface area contributed by atoms with Gasteiger partial charge >= 0.3 is 5.76 Å². The maximum absolute atomic E-state index is 11.5. The molecule has 0 aliphatic rings. The quantitative estimate of drug-likeness (QED) is 0.813. The third-order valence-electron chi connectivity index (χ3n) is 3.62. The molecule has 2 aromatic rings. The average molecular weight is 292 g/mol. The Kier molecular flexibility index (Phi) is 5.44. The molecule has 1 aromatic heterocycles. The van der Waals surface area contributed by atoms with Gasteiger partial charge in [0.25, 0.3) is 0 Å². The summed E-state index contributed by atoms with van der Waals surface area (Å²) in [5.41, 5.74) is 2.31. The van der Waals surface area contributed by atoms with Gasteiger partial charge in [-0.25, -0.2) is 4.79 Å². The van der Waals surface area contributed by atoms with Crippen LogP contribution in [0.1, 0.15) is 32.3 Å². The van der Waals surface area contributed by atoms with Crippen LogP contribution >= 0.6 is 0 Å². The number of methoxy groups -OCH3 is 1. The second-order valence-corrected chi connectivity index (χ2v) is 5.24. The summed E-state index contributed by atoms with van der Waals surface area (Å²) in [6.07, 6.45) is 3.16. The Balaban J connectivity index is 2.20. The fourth-order valence-corrected chi connectivity index (χ4v) is 2.68. The van der Waals surface area contributed by atoms with Crippen LogP contribution in [-0.4, -0.2) is 36.6 Å². The number of hydrogen-bond donors (Lipinski definition) is 1. The molecule has 0 radical (unpaired) electrons. The number of benzene rings is 1. The monoisotopic (exact) mass is 292 g/mol. The Morgan fingerprint density at radius 2 is 1.90 bits per heavy atom. The number of fused-ring (bicyclic) bond motifs is 1. The number of H-pyrrole nitrogens is 1. The molecule has 0 aliphatic heterocycles. The van der Waals surface area contributed by atoms with Gasteiger partial charge in [-0.2, -0.15) is 0 Å². The molecule has 1 aromatic carbocycles. The molecule has 0 unspecified atom stereocenters. The van der Waals surface area contributed by atoms with E-state index >= 15 is 0 Å². The fourth-order valence-electron chi connectivity index (χ4n) is 2.68. The lowest BCUT2D eigenvalue weighted by molar-refractivity contribution is 0.278. The molecule has 1 N–H and O–H groups in total. The standard InChI is InChI=1S/C16H24N2O3/c1-4-9-18(10-5-2)11-8-12-6-7-13(20-3)14-15(12)21-16(19)17-14/h6-7H,4-5,8-11H2,1-3H3,(H,17,19). The van der Waals surface area contributed by atoms with Crippen molar-refractivity contribution in [1.82, 2.24) is 9.88 Å². The van der Waals surface area contributed by atoms with Crippen LogP contribution in [0.3, 0.4) is 0 Å². The highest BCUT2D eigenvalue weighted by Crippen LogP contribution is 2.26. The molecule has 0 bridgehead atoms. The van der Waals surface area contributed by atoms with Gasteiger partial charge < -0.3 is 14.1 Å². The second kappa shape index (κ2) is 7.31. The Morgan fingerprint density at radius 3 is 2.52 bits per heavy atom. The molecule has 2 rings (SSSR count).